The SMILES string of the molecule is Cc1cc(C2CNN3CCC2CC3)c(-c2ccccc2)s1. The van der Waals surface area contributed by atoms with Crippen LogP contribution in [0.2, 0.25) is 0 Å². The monoisotopic (exact) mass is 298 g/mol. The van der Waals surface area contributed by atoms with Gasteiger partial charge in [0.15, 0.2) is 0 Å². The van der Waals surface area contributed by atoms with Gasteiger partial charge < -0.3 is 0 Å². The zero-order valence-electron chi connectivity index (χ0n) is 12.5. The molecule has 1 aromatic heterocycles. The summed E-state index contributed by atoms with van der Waals surface area (Å²) in [7, 11) is 0. The number of nitrogens with zero attached hydrogens (tertiary/aromatic N) is 1. The number of fused-ring (bicyclic) bond motifs is 4. The standard InChI is InChI=1S/C18H22N2S/c1-13-11-16(18(21-13)15-5-3-2-4-6-15)17-12-19-20-9-7-14(17)8-10-20/h2-6,11,14,17,19H,7-10,12H2,1H3. The Kier molecular flexibility index (Phi) is 3.57. The third-order valence-electron chi connectivity index (χ3n) is 4.96. The minimum absolute atomic E-state index is 0.664. The number of aryl methyl sites for hydroxylation is 1. The van der Waals surface area contributed by atoms with E-state index in [1.165, 1.54) is 41.2 Å². The van der Waals surface area contributed by atoms with Gasteiger partial charge in [0.1, 0.15) is 0 Å². The third kappa shape index (κ3) is 2.54. The van der Waals surface area contributed by atoms with E-state index >= 15 is 0 Å². The van der Waals surface area contributed by atoms with E-state index in [2.05, 4.69) is 53.8 Å². The number of piperidine rings is 1. The Bertz CT molecular complexity index is 611. The normalized spacial score (nSPS) is 28.5. The van der Waals surface area contributed by atoms with E-state index in [1.54, 1.807) is 5.56 Å². The Balaban J connectivity index is 1.75. The summed E-state index contributed by atoms with van der Waals surface area (Å²) in [6.45, 7) is 5.77. The average Bonchev–Trinajstić information content (AvgIpc) is 2.71. The molecule has 3 heteroatoms. The van der Waals surface area contributed by atoms with Crippen molar-refractivity contribution in [2.45, 2.75) is 25.7 Å². The summed E-state index contributed by atoms with van der Waals surface area (Å²) in [4.78, 5) is 2.92. The van der Waals surface area contributed by atoms with E-state index in [9.17, 15) is 0 Å². The van der Waals surface area contributed by atoms with Crippen molar-refractivity contribution in [3.63, 3.8) is 0 Å². The van der Waals surface area contributed by atoms with Crippen LogP contribution < -0.4 is 5.43 Å². The van der Waals surface area contributed by atoms with Crippen LogP contribution in [0.5, 0.6) is 0 Å². The lowest BCUT2D eigenvalue weighted by Crippen LogP contribution is -2.39. The number of hydrazine groups is 1. The van der Waals surface area contributed by atoms with Crippen LogP contribution in [0.25, 0.3) is 10.4 Å². The molecule has 3 saturated heterocycles. The van der Waals surface area contributed by atoms with Crippen molar-refractivity contribution in [2.75, 3.05) is 19.6 Å². The number of rotatable bonds is 2. The molecule has 2 aromatic rings. The van der Waals surface area contributed by atoms with Crippen LogP contribution >= 0.6 is 11.3 Å². The first kappa shape index (κ1) is 13.5. The molecule has 0 spiro atoms. The molecule has 1 unspecified atom stereocenters. The molecule has 4 heterocycles. The third-order valence-corrected chi connectivity index (χ3v) is 6.08. The Hall–Kier alpha value is -1.16. The first-order valence-corrected chi connectivity index (χ1v) is 8.77. The van der Waals surface area contributed by atoms with E-state index in [4.69, 9.17) is 0 Å². The van der Waals surface area contributed by atoms with Gasteiger partial charge in [0.25, 0.3) is 0 Å². The highest BCUT2D eigenvalue weighted by Gasteiger charge is 2.33. The lowest BCUT2D eigenvalue weighted by Gasteiger charge is -2.28. The fourth-order valence-electron chi connectivity index (χ4n) is 3.84. The lowest BCUT2D eigenvalue weighted by molar-refractivity contribution is 0.165. The molecule has 2 bridgehead atoms. The second-order valence-electron chi connectivity index (χ2n) is 6.30. The van der Waals surface area contributed by atoms with Gasteiger partial charge in [-0.05, 0) is 42.9 Å². The van der Waals surface area contributed by atoms with Gasteiger partial charge in [0.2, 0.25) is 0 Å². The van der Waals surface area contributed by atoms with Crippen LogP contribution in [-0.2, 0) is 0 Å². The summed E-state index contributed by atoms with van der Waals surface area (Å²) in [5.74, 6) is 1.50. The summed E-state index contributed by atoms with van der Waals surface area (Å²) >= 11 is 1.95. The smallest absolute Gasteiger partial charge is 0.0380 e. The molecule has 5 rings (SSSR count). The van der Waals surface area contributed by atoms with Crippen molar-refractivity contribution < 1.29 is 0 Å². The van der Waals surface area contributed by atoms with Gasteiger partial charge in [0, 0.05) is 35.3 Å². The second-order valence-corrected chi connectivity index (χ2v) is 7.56. The average molecular weight is 298 g/mol. The first-order chi connectivity index (χ1) is 10.3. The van der Waals surface area contributed by atoms with Gasteiger partial charge in [-0.1, -0.05) is 30.3 Å². The van der Waals surface area contributed by atoms with Gasteiger partial charge in [0.05, 0.1) is 0 Å². The van der Waals surface area contributed by atoms with Crippen LogP contribution in [0, 0.1) is 12.8 Å². The van der Waals surface area contributed by atoms with Crippen LogP contribution in [0.3, 0.4) is 0 Å². The van der Waals surface area contributed by atoms with Crippen LogP contribution in [0.15, 0.2) is 36.4 Å². The van der Waals surface area contributed by atoms with Crippen molar-refractivity contribution in [2.24, 2.45) is 5.92 Å². The molecule has 0 saturated carbocycles. The predicted octanol–water partition coefficient (Wildman–Crippen LogP) is 4.04. The Morgan fingerprint density at radius 2 is 1.90 bits per heavy atom. The van der Waals surface area contributed by atoms with Crippen molar-refractivity contribution >= 4 is 11.3 Å². The molecular weight excluding hydrogens is 276 g/mol. The molecule has 0 radical (unpaired) electrons. The van der Waals surface area contributed by atoms with Crippen LogP contribution in [0.4, 0.5) is 0 Å². The number of hydrogen-bond acceptors (Lipinski definition) is 3. The summed E-state index contributed by atoms with van der Waals surface area (Å²) in [5, 5.41) is 2.41. The molecule has 110 valence electrons. The number of thiophene rings is 1. The van der Waals surface area contributed by atoms with E-state index in [0.717, 1.165) is 12.5 Å². The van der Waals surface area contributed by atoms with Gasteiger partial charge in [-0.25, -0.2) is 5.01 Å². The zero-order chi connectivity index (χ0) is 14.2. The molecule has 1 atom stereocenters. The maximum absolute atomic E-state index is 3.65. The molecule has 2 nitrogen and oxygen atoms in total. The van der Waals surface area contributed by atoms with Gasteiger partial charge in [-0.2, -0.15) is 0 Å². The predicted molar refractivity (Wildman–Crippen MR) is 89.5 cm³/mol. The molecule has 1 aromatic carbocycles. The number of benzene rings is 1. The van der Waals surface area contributed by atoms with Crippen molar-refractivity contribution in [1.29, 1.82) is 0 Å². The number of hydrogen-bond donors (Lipinski definition) is 1. The van der Waals surface area contributed by atoms with Crippen molar-refractivity contribution in [3.8, 4) is 10.4 Å². The van der Waals surface area contributed by atoms with Gasteiger partial charge >= 0.3 is 0 Å². The largest absolute Gasteiger partial charge is 0.255 e. The van der Waals surface area contributed by atoms with E-state index in [0.29, 0.717) is 5.92 Å². The van der Waals surface area contributed by atoms with E-state index in [1.807, 2.05) is 11.3 Å². The van der Waals surface area contributed by atoms with Crippen LogP contribution in [-0.4, -0.2) is 24.6 Å². The lowest BCUT2D eigenvalue weighted by atomic mass is 9.80. The molecule has 0 amide bonds. The minimum atomic E-state index is 0.664. The maximum Gasteiger partial charge on any atom is 0.0380 e. The van der Waals surface area contributed by atoms with Crippen molar-refractivity contribution in [1.82, 2.24) is 10.4 Å². The molecule has 0 aliphatic carbocycles. The number of nitrogens with one attached hydrogen (secondary N) is 1. The van der Waals surface area contributed by atoms with Gasteiger partial charge in [-0.15, -0.1) is 11.3 Å². The minimum Gasteiger partial charge on any atom is -0.255 e. The quantitative estimate of drug-likeness (QED) is 0.900. The fraction of sp³-hybridized carbons (Fsp3) is 0.444. The van der Waals surface area contributed by atoms with E-state index < -0.39 is 0 Å². The summed E-state index contributed by atoms with van der Waals surface area (Å²) < 4.78 is 0. The van der Waals surface area contributed by atoms with Crippen LogP contribution in [0.1, 0.15) is 29.2 Å². The molecule has 3 aliphatic heterocycles. The maximum atomic E-state index is 3.65. The summed E-state index contributed by atoms with van der Waals surface area (Å²) in [5.41, 5.74) is 6.60. The fourth-order valence-corrected chi connectivity index (χ4v) is 4.93. The molecule has 21 heavy (non-hydrogen) atoms. The first-order valence-electron chi connectivity index (χ1n) is 7.95. The second kappa shape index (κ2) is 5.56. The molecule has 1 N–H and O–H groups in total. The summed E-state index contributed by atoms with van der Waals surface area (Å²) in [6, 6.07) is 13.3. The summed E-state index contributed by atoms with van der Waals surface area (Å²) in [6.07, 6.45) is 2.67. The zero-order valence-corrected chi connectivity index (χ0v) is 13.3. The highest BCUT2D eigenvalue weighted by atomic mass is 32.1. The Labute approximate surface area is 130 Å². The Morgan fingerprint density at radius 3 is 2.67 bits per heavy atom. The highest BCUT2D eigenvalue weighted by molar-refractivity contribution is 7.15. The Morgan fingerprint density at radius 1 is 1.14 bits per heavy atom. The van der Waals surface area contributed by atoms with E-state index in [-0.39, 0.29) is 0 Å². The topological polar surface area (TPSA) is 15.3 Å². The molecule has 3 aliphatic rings. The molecule has 3 fully saturated rings. The molecular formula is C18H22N2S. The highest BCUT2D eigenvalue weighted by Crippen LogP contribution is 2.42. The van der Waals surface area contributed by atoms with Gasteiger partial charge in [-0.3, -0.25) is 5.43 Å². The van der Waals surface area contributed by atoms with Crippen molar-refractivity contribution in [3.05, 3.63) is 46.8 Å².